The van der Waals surface area contributed by atoms with Crippen LogP contribution in [-0.2, 0) is 6.54 Å². The number of imidazole rings is 1. The number of hydrogen-bond donors (Lipinski definition) is 1. The summed E-state index contributed by atoms with van der Waals surface area (Å²) in [5.41, 5.74) is 4.55. The number of nitrogens with one attached hydrogen (secondary N) is 1. The number of urea groups is 1. The fraction of sp³-hybridized carbons (Fsp3) is 0.0909. The monoisotopic (exact) mass is 356 g/mol. The molecular weight excluding hydrogens is 336 g/mol. The summed E-state index contributed by atoms with van der Waals surface area (Å²) in [4.78, 5) is 19.2. The van der Waals surface area contributed by atoms with Crippen molar-refractivity contribution < 1.29 is 4.79 Å². The van der Waals surface area contributed by atoms with Crippen LogP contribution in [0.5, 0.6) is 0 Å². The molecule has 0 unspecified atom stereocenters. The molecule has 0 aliphatic rings. The van der Waals surface area contributed by atoms with E-state index in [4.69, 9.17) is 0 Å². The lowest BCUT2D eigenvalue weighted by Gasteiger charge is -2.23. The molecule has 2 heterocycles. The number of pyridine rings is 1. The predicted octanol–water partition coefficient (Wildman–Crippen LogP) is 4.88. The van der Waals surface area contributed by atoms with Gasteiger partial charge in [-0.15, -0.1) is 0 Å². The van der Waals surface area contributed by atoms with E-state index in [9.17, 15) is 4.79 Å². The van der Waals surface area contributed by atoms with Crippen molar-refractivity contribution in [2.75, 3.05) is 10.2 Å². The van der Waals surface area contributed by atoms with E-state index < -0.39 is 0 Å². The molecule has 0 aliphatic carbocycles. The molecule has 5 heteroatoms. The van der Waals surface area contributed by atoms with Gasteiger partial charge in [-0.25, -0.2) is 9.78 Å². The molecule has 2 amide bonds. The lowest BCUT2D eigenvalue weighted by atomic mass is 10.2. The fourth-order valence-corrected chi connectivity index (χ4v) is 2.98. The first-order valence-electron chi connectivity index (χ1n) is 8.82. The Labute approximate surface area is 157 Å². The van der Waals surface area contributed by atoms with E-state index >= 15 is 0 Å². The molecule has 2 aromatic heterocycles. The van der Waals surface area contributed by atoms with Crippen LogP contribution in [0, 0.1) is 6.92 Å². The van der Waals surface area contributed by atoms with Crippen LogP contribution in [0.3, 0.4) is 0 Å². The summed E-state index contributed by atoms with van der Waals surface area (Å²) in [7, 11) is 0. The SMILES string of the molecule is Cc1ccc(NC(=O)N(Cc2cnc3ccccn23)c2ccccc2)cc1. The quantitative estimate of drug-likeness (QED) is 0.566. The summed E-state index contributed by atoms with van der Waals surface area (Å²) in [6, 6.07) is 23.1. The zero-order valence-corrected chi connectivity index (χ0v) is 15.0. The molecule has 0 bridgehead atoms. The van der Waals surface area contributed by atoms with Gasteiger partial charge in [-0.2, -0.15) is 0 Å². The highest BCUT2D eigenvalue weighted by molar-refractivity contribution is 6.01. The Balaban J connectivity index is 1.64. The summed E-state index contributed by atoms with van der Waals surface area (Å²) in [5.74, 6) is 0. The number of hydrogen-bond acceptors (Lipinski definition) is 2. The van der Waals surface area contributed by atoms with E-state index in [1.807, 2.05) is 96.5 Å². The van der Waals surface area contributed by atoms with Crippen LogP contribution < -0.4 is 10.2 Å². The lowest BCUT2D eigenvalue weighted by Crippen LogP contribution is -2.34. The maximum Gasteiger partial charge on any atom is 0.326 e. The van der Waals surface area contributed by atoms with E-state index in [0.29, 0.717) is 6.54 Å². The van der Waals surface area contributed by atoms with Gasteiger partial charge in [0.2, 0.25) is 0 Å². The third-order valence-electron chi connectivity index (χ3n) is 4.43. The highest BCUT2D eigenvalue weighted by atomic mass is 16.2. The number of fused-ring (bicyclic) bond motifs is 1. The largest absolute Gasteiger partial charge is 0.326 e. The van der Waals surface area contributed by atoms with Gasteiger partial charge in [-0.05, 0) is 43.3 Å². The van der Waals surface area contributed by atoms with Gasteiger partial charge in [0.1, 0.15) is 5.65 Å². The number of aromatic nitrogens is 2. The number of aryl methyl sites for hydroxylation is 1. The predicted molar refractivity (Wildman–Crippen MR) is 108 cm³/mol. The minimum absolute atomic E-state index is 0.184. The van der Waals surface area contributed by atoms with Gasteiger partial charge < -0.3 is 9.72 Å². The Bertz CT molecular complexity index is 1050. The van der Waals surface area contributed by atoms with Crippen molar-refractivity contribution in [3.05, 3.63) is 96.4 Å². The van der Waals surface area contributed by atoms with Crippen molar-refractivity contribution in [2.24, 2.45) is 0 Å². The third kappa shape index (κ3) is 3.67. The van der Waals surface area contributed by atoms with Crippen LogP contribution in [0.15, 0.2) is 85.2 Å². The lowest BCUT2D eigenvalue weighted by molar-refractivity contribution is 0.256. The average Bonchev–Trinajstić information content (AvgIpc) is 3.11. The van der Waals surface area contributed by atoms with Crippen LogP contribution in [0.1, 0.15) is 11.3 Å². The van der Waals surface area contributed by atoms with Gasteiger partial charge >= 0.3 is 6.03 Å². The average molecular weight is 356 g/mol. The molecule has 1 N–H and O–H groups in total. The van der Waals surface area contributed by atoms with Gasteiger partial charge in [0.25, 0.3) is 0 Å². The van der Waals surface area contributed by atoms with Crippen molar-refractivity contribution >= 4 is 23.1 Å². The number of amides is 2. The number of carbonyl (C=O) groups is 1. The molecule has 4 aromatic rings. The van der Waals surface area contributed by atoms with Crippen molar-refractivity contribution in [1.82, 2.24) is 9.38 Å². The molecule has 134 valence electrons. The van der Waals surface area contributed by atoms with Crippen LogP contribution >= 0.6 is 0 Å². The van der Waals surface area contributed by atoms with E-state index in [0.717, 1.165) is 28.3 Å². The molecule has 0 spiro atoms. The number of para-hydroxylation sites is 1. The van der Waals surface area contributed by atoms with Crippen molar-refractivity contribution in [3.63, 3.8) is 0 Å². The van der Waals surface area contributed by atoms with Crippen LogP contribution in [0.4, 0.5) is 16.2 Å². The molecule has 0 saturated carbocycles. The summed E-state index contributed by atoms with van der Waals surface area (Å²) >= 11 is 0. The molecule has 0 radical (unpaired) electrons. The Morgan fingerprint density at radius 2 is 1.74 bits per heavy atom. The van der Waals surface area contributed by atoms with Gasteiger partial charge in [-0.3, -0.25) is 4.90 Å². The van der Waals surface area contributed by atoms with Gasteiger partial charge in [0.15, 0.2) is 0 Å². The van der Waals surface area contributed by atoms with Gasteiger partial charge in [0, 0.05) is 17.6 Å². The molecule has 5 nitrogen and oxygen atoms in total. The number of rotatable bonds is 4. The summed E-state index contributed by atoms with van der Waals surface area (Å²) < 4.78 is 2.00. The van der Waals surface area contributed by atoms with E-state index in [1.165, 1.54) is 0 Å². The first-order chi connectivity index (χ1) is 13.2. The Hall–Kier alpha value is -3.60. The topological polar surface area (TPSA) is 49.6 Å². The van der Waals surface area contributed by atoms with E-state index in [-0.39, 0.29) is 6.03 Å². The minimum Gasteiger partial charge on any atom is -0.308 e. The fourth-order valence-electron chi connectivity index (χ4n) is 2.98. The van der Waals surface area contributed by atoms with Gasteiger partial charge in [0.05, 0.1) is 18.4 Å². The maximum atomic E-state index is 13.0. The molecule has 0 saturated heterocycles. The van der Waals surface area contributed by atoms with Crippen molar-refractivity contribution in [1.29, 1.82) is 0 Å². The second-order valence-electron chi connectivity index (χ2n) is 6.40. The number of carbonyl (C=O) groups excluding carboxylic acids is 1. The first-order valence-corrected chi connectivity index (χ1v) is 8.82. The molecule has 27 heavy (non-hydrogen) atoms. The minimum atomic E-state index is -0.184. The summed E-state index contributed by atoms with van der Waals surface area (Å²) in [5, 5.41) is 2.99. The maximum absolute atomic E-state index is 13.0. The Morgan fingerprint density at radius 1 is 1.00 bits per heavy atom. The standard InChI is InChI=1S/C22H20N4O/c1-17-10-12-18(13-11-17)24-22(27)26(19-7-3-2-4-8-19)16-20-15-23-21-9-5-6-14-25(20)21/h2-15H,16H2,1H3,(H,24,27). The van der Waals surface area contributed by atoms with E-state index in [2.05, 4.69) is 10.3 Å². The number of benzene rings is 2. The molecular formula is C22H20N4O. The third-order valence-corrected chi connectivity index (χ3v) is 4.43. The number of nitrogens with zero attached hydrogens (tertiary/aromatic N) is 3. The van der Waals surface area contributed by atoms with Gasteiger partial charge in [-0.1, -0.05) is 42.0 Å². The highest BCUT2D eigenvalue weighted by Gasteiger charge is 2.18. The normalized spacial score (nSPS) is 10.7. The highest BCUT2D eigenvalue weighted by Crippen LogP contribution is 2.20. The summed E-state index contributed by atoms with van der Waals surface area (Å²) in [6.07, 6.45) is 3.77. The Morgan fingerprint density at radius 3 is 2.52 bits per heavy atom. The second-order valence-corrected chi connectivity index (χ2v) is 6.40. The molecule has 2 aromatic carbocycles. The van der Waals surface area contributed by atoms with Crippen LogP contribution in [-0.4, -0.2) is 15.4 Å². The zero-order chi connectivity index (χ0) is 18.6. The molecule has 0 atom stereocenters. The number of anilines is 2. The zero-order valence-electron chi connectivity index (χ0n) is 15.0. The first kappa shape index (κ1) is 16.8. The van der Waals surface area contributed by atoms with Crippen molar-refractivity contribution in [2.45, 2.75) is 13.5 Å². The van der Waals surface area contributed by atoms with Crippen molar-refractivity contribution in [3.8, 4) is 0 Å². The molecule has 0 aliphatic heterocycles. The molecule has 4 rings (SSSR count). The van der Waals surface area contributed by atoms with Crippen LogP contribution in [0.2, 0.25) is 0 Å². The summed E-state index contributed by atoms with van der Waals surface area (Å²) in [6.45, 7) is 2.43. The van der Waals surface area contributed by atoms with Crippen LogP contribution in [0.25, 0.3) is 5.65 Å². The smallest absolute Gasteiger partial charge is 0.308 e. The Kier molecular flexibility index (Phi) is 4.58. The van der Waals surface area contributed by atoms with E-state index in [1.54, 1.807) is 4.90 Å². The second kappa shape index (κ2) is 7.33. The molecule has 0 fully saturated rings.